The van der Waals surface area contributed by atoms with Crippen LogP contribution in [0.5, 0.6) is 5.75 Å². The van der Waals surface area contributed by atoms with Gasteiger partial charge in [-0.2, -0.15) is 0 Å². The Labute approximate surface area is 67.1 Å². The van der Waals surface area contributed by atoms with Gasteiger partial charge in [0, 0.05) is 0 Å². The maximum absolute atomic E-state index is 12.6. The number of halogens is 1. The predicted molar refractivity (Wildman–Crippen MR) is 39.4 cm³/mol. The summed E-state index contributed by atoms with van der Waals surface area (Å²) in [6.45, 7) is 0. The zero-order valence-electron chi connectivity index (χ0n) is 5.91. The Morgan fingerprint density at radius 1 is 1.50 bits per heavy atom. The van der Waals surface area contributed by atoms with E-state index in [0.717, 1.165) is 12.1 Å². The van der Waals surface area contributed by atoms with Crippen molar-refractivity contribution in [3.8, 4) is 5.75 Å². The Morgan fingerprint density at radius 3 is 2.50 bits per heavy atom. The van der Waals surface area contributed by atoms with Gasteiger partial charge in [0.2, 0.25) is 0 Å². The number of rotatable bonds is 1. The summed E-state index contributed by atoms with van der Waals surface area (Å²) in [5.74, 6) is -2.85. The molecule has 1 aromatic rings. The van der Waals surface area contributed by atoms with Gasteiger partial charge in [-0.1, -0.05) is 0 Å². The van der Waals surface area contributed by atoms with Crippen LogP contribution in [0, 0.1) is 5.82 Å². The fourth-order valence-electron chi connectivity index (χ4n) is 0.807. The largest absolute Gasteiger partial charge is 0.507 e. The smallest absolute Gasteiger partial charge is 0.341 e. The van der Waals surface area contributed by atoms with Crippen molar-refractivity contribution >= 4 is 11.7 Å². The molecule has 0 bridgehead atoms. The van der Waals surface area contributed by atoms with Crippen LogP contribution in [0.1, 0.15) is 10.4 Å². The fourth-order valence-corrected chi connectivity index (χ4v) is 0.807. The highest BCUT2D eigenvalue weighted by Gasteiger charge is 2.16. The normalized spacial score (nSPS) is 9.75. The Hall–Kier alpha value is -1.78. The van der Waals surface area contributed by atoms with Gasteiger partial charge in [-0.3, -0.25) is 0 Å². The molecule has 0 aliphatic rings. The van der Waals surface area contributed by atoms with Crippen molar-refractivity contribution in [3.63, 3.8) is 0 Å². The first-order chi connectivity index (χ1) is 5.54. The minimum atomic E-state index is -1.45. The highest BCUT2D eigenvalue weighted by Crippen LogP contribution is 2.25. The summed E-state index contributed by atoms with van der Waals surface area (Å²) >= 11 is 0. The molecule has 1 aromatic carbocycles. The summed E-state index contributed by atoms with van der Waals surface area (Å²) in [5.41, 5.74) is 3.91. The highest BCUT2D eigenvalue weighted by atomic mass is 19.1. The van der Waals surface area contributed by atoms with E-state index >= 15 is 0 Å². The number of nitrogen functional groups attached to an aromatic ring is 1. The molecule has 0 aliphatic heterocycles. The Morgan fingerprint density at radius 2 is 2.08 bits per heavy atom. The summed E-state index contributed by atoms with van der Waals surface area (Å²) < 4.78 is 12.6. The molecule has 0 heterocycles. The zero-order chi connectivity index (χ0) is 9.30. The van der Waals surface area contributed by atoms with E-state index in [4.69, 9.17) is 15.9 Å². The van der Waals surface area contributed by atoms with Crippen molar-refractivity contribution in [2.45, 2.75) is 0 Å². The van der Waals surface area contributed by atoms with Crippen LogP contribution in [0.3, 0.4) is 0 Å². The minimum absolute atomic E-state index is 0.540. The Balaban J connectivity index is 3.43. The van der Waals surface area contributed by atoms with E-state index in [2.05, 4.69) is 0 Å². The van der Waals surface area contributed by atoms with E-state index in [0.29, 0.717) is 0 Å². The summed E-state index contributed by atoms with van der Waals surface area (Å²) in [6, 6.07) is 1.84. The van der Waals surface area contributed by atoms with Gasteiger partial charge in [-0.25, -0.2) is 9.18 Å². The molecule has 0 aromatic heterocycles. The third-order valence-electron chi connectivity index (χ3n) is 1.38. The van der Waals surface area contributed by atoms with E-state index in [1.165, 1.54) is 0 Å². The van der Waals surface area contributed by atoms with Crippen LogP contribution in [0.25, 0.3) is 0 Å². The summed E-state index contributed by atoms with van der Waals surface area (Å²) in [7, 11) is 0. The van der Waals surface area contributed by atoms with E-state index in [1.807, 2.05) is 0 Å². The summed E-state index contributed by atoms with van der Waals surface area (Å²) in [4.78, 5) is 10.4. The van der Waals surface area contributed by atoms with Gasteiger partial charge in [0.25, 0.3) is 0 Å². The Kier molecular flexibility index (Phi) is 1.86. The van der Waals surface area contributed by atoms with Gasteiger partial charge in [0.15, 0.2) is 0 Å². The second-order valence-corrected chi connectivity index (χ2v) is 2.16. The first-order valence-corrected chi connectivity index (χ1v) is 3.04. The average molecular weight is 171 g/mol. The monoisotopic (exact) mass is 171 g/mol. The van der Waals surface area contributed by atoms with Crippen molar-refractivity contribution in [3.05, 3.63) is 23.5 Å². The average Bonchev–Trinajstić information content (AvgIpc) is 1.97. The molecule has 0 unspecified atom stereocenters. The molecule has 4 N–H and O–H groups in total. The number of hydrogen-bond acceptors (Lipinski definition) is 3. The third-order valence-corrected chi connectivity index (χ3v) is 1.38. The summed E-state index contributed by atoms with van der Waals surface area (Å²) in [6.07, 6.45) is 0. The molecule has 64 valence electrons. The topological polar surface area (TPSA) is 83.5 Å². The molecule has 0 aliphatic carbocycles. The van der Waals surface area contributed by atoms with E-state index < -0.39 is 28.8 Å². The molecule has 0 amide bonds. The lowest BCUT2D eigenvalue weighted by molar-refractivity contribution is 0.0694. The van der Waals surface area contributed by atoms with Gasteiger partial charge in [0.05, 0.1) is 5.69 Å². The molecule has 0 saturated heterocycles. The molecule has 0 saturated carbocycles. The molecular formula is C7H6FNO3. The van der Waals surface area contributed by atoms with Crippen LogP contribution in [0.4, 0.5) is 10.1 Å². The number of hydrogen-bond donors (Lipinski definition) is 3. The SMILES string of the molecule is Nc1c(F)ccc(O)c1C(=O)O. The lowest BCUT2D eigenvalue weighted by Gasteiger charge is -2.03. The quantitative estimate of drug-likeness (QED) is 0.546. The number of aromatic carboxylic acids is 1. The molecule has 0 radical (unpaired) electrons. The van der Waals surface area contributed by atoms with Gasteiger partial charge in [-0.15, -0.1) is 0 Å². The standard InChI is InChI=1S/C7H6FNO3/c8-3-1-2-4(10)5(6(3)9)7(11)12/h1-2,10H,9H2,(H,11,12). The van der Waals surface area contributed by atoms with Gasteiger partial charge in [0.1, 0.15) is 17.1 Å². The lowest BCUT2D eigenvalue weighted by atomic mass is 10.1. The van der Waals surface area contributed by atoms with Crippen molar-refractivity contribution in [2.75, 3.05) is 5.73 Å². The van der Waals surface area contributed by atoms with E-state index in [9.17, 15) is 9.18 Å². The molecule has 0 fully saturated rings. The Bertz CT molecular complexity index is 338. The second-order valence-electron chi connectivity index (χ2n) is 2.16. The maximum atomic E-state index is 12.6. The molecule has 4 nitrogen and oxygen atoms in total. The number of phenols is 1. The number of carboxylic acid groups (broad SMARTS) is 1. The lowest BCUT2D eigenvalue weighted by Crippen LogP contribution is -2.04. The van der Waals surface area contributed by atoms with Crippen LogP contribution >= 0.6 is 0 Å². The van der Waals surface area contributed by atoms with Crippen LogP contribution in [0.2, 0.25) is 0 Å². The minimum Gasteiger partial charge on any atom is -0.507 e. The number of benzene rings is 1. The highest BCUT2D eigenvalue weighted by molar-refractivity contribution is 5.96. The van der Waals surface area contributed by atoms with Crippen molar-refractivity contribution < 1.29 is 19.4 Å². The number of carbonyl (C=O) groups is 1. The number of aromatic hydroxyl groups is 1. The van der Waals surface area contributed by atoms with Crippen LogP contribution in [0.15, 0.2) is 12.1 Å². The van der Waals surface area contributed by atoms with Crippen LogP contribution in [-0.2, 0) is 0 Å². The molecule has 0 spiro atoms. The predicted octanol–water partition coefficient (Wildman–Crippen LogP) is 0.812. The van der Waals surface area contributed by atoms with E-state index in [-0.39, 0.29) is 0 Å². The number of carboxylic acids is 1. The number of nitrogens with two attached hydrogens (primary N) is 1. The molecule has 12 heavy (non-hydrogen) atoms. The van der Waals surface area contributed by atoms with Crippen LogP contribution < -0.4 is 5.73 Å². The van der Waals surface area contributed by atoms with Crippen LogP contribution in [-0.4, -0.2) is 16.2 Å². The van der Waals surface area contributed by atoms with E-state index in [1.54, 1.807) is 0 Å². The zero-order valence-corrected chi connectivity index (χ0v) is 5.91. The third kappa shape index (κ3) is 1.16. The van der Waals surface area contributed by atoms with Gasteiger partial charge < -0.3 is 15.9 Å². The maximum Gasteiger partial charge on any atom is 0.341 e. The van der Waals surface area contributed by atoms with Crippen molar-refractivity contribution in [1.82, 2.24) is 0 Å². The molecular weight excluding hydrogens is 165 g/mol. The summed E-state index contributed by atoms with van der Waals surface area (Å²) in [5, 5.41) is 17.4. The second kappa shape index (κ2) is 2.69. The van der Waals surface area contributed by atoms with Gasteiger partial charge in [-0.05, 0) is 12.1 Å². The number of anilines is 1. The molecule has 1 rings (SSSR count). The van der Waals surface area contributed by atoms with Crippen molar-refractivity contribution in [1.29, 1.82) is 0 Å². The molecule has 5 heteroatoms. The van der Waals surface area contributed by atoms with Gasteiger partial charge >= 0.3 is 5.97 Å². The first kappa shape index (κ1) is 8.32. The molecule has 0 atom stereocenters. The van der Waals surface area contributed by atoms with Crippen molar-refractivity contribution in [2.24, 2.45) is 0 Å². The fraction of sp³-hybridized carbons (Fsp3) is 0. The first-order valence-electron chi connectivity index (χ1n) is 3.04.